The van der Waals surface area contributed by atoms with E-state index in [1.165, 1.54) is 25.3 Å². The Labute approximate surface area is 143 Å². The SMILES string of the molecule is Fc1ccc(Cl)c([C@H]2CC[C@@H](CCNC3CCOCC3)CC2)c1. The van der Waals surface area contributed by atoms with Crippen molar-refractivity contribution < 1.29 is 9.13 Å². The van der Waals surface area contributed by atoms with Gasteiger partial charge in [0, 0.05) is 24.3 Å². The Morgan fingerprint density at radius 1 is 1.09 bits per heavy atom. The Kier molecular flexibility index (Phi) is 6.32. The van der Waals surface area contributed by atoms with E-state index in [9.17, 15) is 4.39 Å². The van der Waals surface area contributed by atoms with Crippen LogP contribution >= 0.6 is 11.6 Å². The van der Waals surface area contributed by atoms with E-state index < -0.39 is 0 Å². The van der Waals surface area contributed by atoms with Crippen molar-refractivity contribution in [2.45, 2.75) is 56.9 Å². The highest BCUT2D eigenvalue weighted by Gasteiger charge is 2.24. The maximum atomic E-state index is 13.4. The van der Waals surface area contributed by atoms with E-state index in [1.807, 2.05) is 0 Å². The number of hydrogen-bond donors (Lipinski definition) is 1. The lowest BCUT2D eigenvalue weighted by Gasteiger charge is -2.30. The summed E-state index contributed by atoms with van der Waals surface area (Å²) in [7, 11) is 0. The number of benzene rings is 1. The van der Waals surface area contributed by atoms with E-state index in [0.29, 0.717) is 12.0 Å². The third-order valence-corrected chi connectivity index (χ3v) is 5.80. The van der Waals surface area contributed by atoms with E-state index >= 15 is 0 Å². The van der Waals surface area contributed by atoms with E-state index in [4.69, 9.17) is 16.3 Å². The van der Waals surface area contributed by atoms with Crippen LogP contribution in [0, 0.1) is 11.7 Å². The highest BCUT2D eigenvalue weighted by atomic mass is 35.5. The first-order valence-electron chi connectivity index (χ1n) is 8.98. The molecule has 4 heteroatoms. The molecule has 3 rings (SSSR count). The number of hydrogen-bond acceptors (Lipinski definition) is 2. The first-order valence-corrected chi connectivity index (χ1v) is 9.36. The topological polar surface area (TPSA) is 21.3 Å². The van der Waals surface area contributed by atoms with Crippen molar-refractivity contribution in [1.82, 2.24) is 5.32 Å². The summed E-state index contributed by atoms with van der Waals surface area (Å²) in [5.41, 5.74) is 1.01. The number of ether oxygens (including phenoxy) is 1. The smallest absolute Gasteiger partial charge is 0.123 e. The van der Waals surface area contributed by atoms with Gasteiger partial charge in [-0.25, -0.2) is 4.39 Å². The molecule has 0 spiro atoms. The normalized spacial score (nSPS) is 26.3. The highest BCUT2D eigenvalue weighted by molar-refractivity contribution is 6.31. The molecule has 1 N–H and O–H groups in total. The second-order valence-corrected chi connectivity index (χ2v) is 7.42. The highest BCUT2D eigenvalue weighted by Crippen LogP contribution is 2.39. The molecule has 0 bridgehead atoms. The number of rotatable bonds is 5. The van der Waals surface area contributed by atoms with Gasteiger partial charge in [-0.3, -0.25) is 0 Å². The largest absolute Gasteiger partial charge is 0.381 e. The second-order valence-electron chi connectivity index (χ2n) is 7.01. The monoisotopic (exact) mass is 339 g/mol. The molecule has 2 fully saturated rings. The summed E-state index contributed by atoms with van der Waals surface area (Å²) >= 11 is 6.25. The molecular weight excluding hydrogens is 313 g/mol. The second kappa shape index (κ2) is 8.46. The van der Waals surface area contributed by atoms with Gasteiger partial charge in [-0.1, -0.05) is 11.6 Å². The fraction of sp³-hybridized carbons (Fsp3) is 0.684. The van der Waals surface area contributed by atoms with Crippen molar-refractivity contribution in [2.75, 3.05) is 19.8 Å². The predicted octanol–water partition coefficient (Wildman–Crippen LogP) is 4.91. The van der Waals surface area contributed by atoms with Gasteiger partial charge < -0.3 is 10.1 Å². The number of nitrogens with one attached hydrogen (secondary N) is 1. The molecule has 0 aromatic heterocycles. The summed E-state index contributed by atoms with van der Waals surface area (Å²) in [6.45, 7) is 2.91. The quantitative estimate of drug-likeness (QED) is 0.822. The molecule has 1 aliphatic carbocycles. The molecule has 0 amide bonds. The first kappa shape index (κ1) is 17.2. The minimum Gasteiger partial charge on any atom is -0.381 e. The van der Waals surface area contributed by atoms with Gasteiger partial charge in [0.1, 0.15) is 5.82 Å². The summed E-state index contributed by atoms with van der Waals surface area (Å²) < 4.78 is 18.8. The van der Waals surface area contributed by atoms with E-state index in [1.54, 1.807) is 12.1 Å². The molecule has 1 aliphatic heterocycles. The molecule has 2 nitrogen and oxygen atoms in total. The van der Waals surface area contributed by atoms with Gasteiger partial charge >= 0.3 is 0 Å². The fourth-order valence-electron chi connectivity index (χ4n) is 3.98. The van der Waals surface area contributed by atoms with Crippen LogP contribution in [0.1, 0.15) is 56.4 Å². The van der Waals surface area contributed by atoms with Crippen LogP contribution in [-0.4, -0.2) is 25.8 Å². The third kappa shape index (κ3) is 4.91. The average Bonchev–Trinajstić information content (AvgIpc) is 2.59. The minimum atomic E-state index is -0.174. The van der Waals surface area contributed by atoms with E-state index in [-0.39, 0.29) is 5.82 Å². The third-order valence-electron chi connectivity index (χ3n) is 5.45. The molecule has 2 aliphatic rings. The average molecular weight is 340 g/mol. The first-order chi connectivity index (χ1) is 11.2. The van der Waals surface area contributed by atoms with Crippen molar-refractivity contribution in [3.63, 3.8) is 0 Å². The van der Waals surface area contributed by atoms with Gasteiger partial charge in [0.2, 0.25) is 0 Å². The van der Waals surface area contributed by atoms with Crippen molar-refractivity contribution >= 4 is 11.6 Å². The Morgan fingerprint density at radius 2 is 1.83 bits per heavy atom. The molecule has 1 saturated heterocycles. The molecule has 23 heavy (non-hydrogen) atoms. The lowest BCUT2D eigenvalue weighted by atomic mass is 9.77. The summed E-state index contributed by atoms with van der Waals surface area (Å²) in [5.74, 6) is 1.05. The molecule has 1 aromatic carbocycles. The van der Waals surface area contributed by atoms with Crippen LogP contribution < -0.4 is 5.32 Å². The maximum Gasteiger partial charge on any atom is 0.123 e. The van der Waals surface area contributed by atoms with Crippen molar-refractivity contribution in [1.29, 1.82) is 0 Å². The van der Waals surface area contributed by atoms with Crippen LogP contribution in [0.25, 0.3) is 0 Å². The van der Waals surface area contributed by atoms with Gasteiger partial charge in [0.15, 0.2) is 0 Å². The standard InChI is InChI=1S/C19H27ClFNO/c20-19-6-5-16(21)13-18(19)15-3-1-14(2-4-15)7-10-22-17-8-11-23-12-9-17/h5-6,13-15,17,22H,1-4,7-12H2/t14-,15+. The lowest BCUT2D eigenvalue weighted by Crippen LogP contribution is -2.36. The summed E-state index contributed by atoms with van der Waals surface area (Å²) in [6.07, 6.45) is 8.26. The van der Waals surface area contributed by atoms with Crippen molar-refractivity contribution in [3.8, 4) is 0 Å². The van der Waals surface area contributed by atoms with E-state index in [2.05, 4.69) is 5.32 Å². The zero-order chi connectivity index (χ0) is 16.1. The van der Waals surface area contributed by atoms with Crippen LogP contribution in [-0.2, 0) is 4.74 Å². The van der Waals surface area contributed by atoms with Gasteiger partial charge in [0.25, 0.3) is 0 Å². The summed E-state index contributed by atoms with van der Waals surface area (Å²) in [4.78, 5) is 0. The van der Waals surface area contributed by atoms with Gasteiger partial charge in [-0.15, -0.1) is 0 Å². The maximum absolute atomic E-state index is 13.4. The molecule has 1 saturated carbocycles. The van der Waals surface area contributed by atoms with Crippen LogP contribution in [0.15, 0.2) is 18.2 Å². The van der Waals surface area contributed by atoms with Gasteiger partial charge in [-0.05, 0) is 87.1 Å². The molecule has 1 heterocycles. The van der Waals surface area contributed by atoms with Crippen LogP contribution in [0.4, 0.5) is 4.39 Å². The van der Waals surface area contributed by atoms with Crippen molar-refractivity contribution in [2.24, 2.45) is 5.92 Å². The minimum absolute atomic E-state index is 0.174. The summed E-state index contributed by atoms with van der Waals surface area (Å²) in [6, 6.07) is 5.40. The molecule has 0 unspecified atom stereocenters. The van der Waals surface area contributed by atoms with Crippen LogP contribution in [0.3, 0.4) is 0 Å². The van der Waals surface area contributed by atoms with Crippen LogP contribution in [0.5, 0.6) is 0 Å². The molecule has 128 valence electrons. The van der Waals surface area contributed by atoms with Crippen molar-refractivity contribution in [3.05, 3.63) is 34.6 Å². The fourth-order valence-corrected chi connectivity index (χ4v) is 4.25. The Balaban J connectivity index is 1.40. The van der Waals surface area contributed by atoms with E-state index in [0.717, 1.165) is 61.9 Å². The molecule has 0 radical (unpaired) electrons. The Hall–Kier alpha value is -0.640. The molecule has 1 aromatic rings. The predicted molar refractivity (Wildman–Crippen MR) is 92.6 cm³/mol. The molecular formula is C19H27ClFNO. The molecule has 0 atom stereocenters. The van der Waals surface area contributed by atoms with Gasteiger partial charge in [-0.2, -0.15) is 0 Å². The zero-order valence-electron chi connectivity index (χ0n) is 13.7. The number of halogens is 2. The Bertz CT molecular complexity index is 496. The van der Waals surface area contributed by atoms with Crippen LogP contribution in [0.2, 0.25) is 5.02 Å². The lowest BCUT2D eigenvalue weighted by molar-refractivity contribution is 0.0775. The summed E-state index contributed by atoms with van der Waals surface area (Å²) in [5, 5.41) is 4.40. The zero-order valence-corrected chi connectivity index (χ0v) is 14.5. The van der Waals surface area contributed by atoms with Gasteiger partial charge in [0.05, 0.1) is 0 Å². The Morgan fingerprint density at radius 3 is 2.57 bits per heavy atom.